The van der Waals surface area contributed by atoms with Crippen molar-refractivity contribution in [3.63, 3.8) is 0 Å². The highest BCUT2D eigenvalue weighted by Crippen LogP contribution is 2.32. The van der Waals surface area contributed by atoms with Crippen molar-refractivity contribution in [1.82, 2.24) is 9.88 Å². The highest BCUT2D eigenvalue weighted by molar-refractivity contribution is 7.14. The van der Waals surface area contributed by atoms with Gasteiger partial charge in [0, 0.05) is 18.7 Å². The molecule has 1 heterocycles. The Hall–Kier alpha value is -1.68. The van der Waals surface area contributed by atoms with Crippen molar-refractivity contribution in [3.8, 4) is 11.3 Å². The number of carbonyl (C=O) groups is 1. The number of thiazole rings is 1. The Bertz CT molecular complexity index is 672. The van der Waals surface area contributed by atoms with Crippen LogP contribution in [0.2, 0.25) is 0 Å². The van der Waals surface area contributed by atoms with Gasteiger partial charge in [-0.2, -0.15) is 0 Å². The zero-order valence-corrected chi connectivity index (χ0v) is 14.9. The van der Waals surface area contributed by atoms with Gasteiger partial charge in [-0.1, -0.05) is 37.3 Å². The van der Waals surface area contributed by atoms with Gasteiger partial charge in [0.15, 0.2) is 0 Å². The van der Waals surface area contributed by atoms with Crippen LogP contribution in [0.5, 0.6) is 0 Å². The second kappa shape index (κ2) is 6.83. The van der Waals surface area contributed by atoms with Crippen molar-refractivity contribution >= 4 is 17.2 Å². The molecule has 1 fully saturated rings. The summed E-state index contributed by atoms with van der Waals surface area (Å²) in [6.45, 7) is 4.27. The van der Waals surface area contributed by atoms with Crippen molar-refractivity contribution in [2.45, 2.75) is 45.6 Å². The van der Waals surface area contributed by atoms with Crippen molar-refractivity contribution in [1.29, 1.82) is 0 Å². The molecule has 0 unspecified atom stereocenters. The molecular weight excluding hydrogens is 304 g/mol. The number of aryl methyl sites for hydroxylation is 1. The van der Waals surface area contributed by atoms with Gasteiger partial charge in [-0.3, -0.25) is 4.79 Å². The molecule has 0 saturated heterocycles. The minimum atomic E-state index is 0.119. The summed E-state index contributed by atoms with van der Waals surface area (Å²) >= 11 is 1.51. The average Bonchev–Trinajstić information content (AvgIpc) is 2.97. The number of amides is 1. The Morgan fingerprint density at radius 2 is 1.83 bits per heavy atom. The lowest BCUT2D eigenvalue weighted by atomic mass is 9.86. The fourth-order valence-corrected chi connectivity index (χ4v) is 4.24. The Labute approximate surface area is 142 Å². The molecule has 1 aliphatic rings. The van der Waals surface area contributed by atoms with E-state index in [0.29, 0.717) is 6.04 Å². The monoisotopic (exact) mass is 328 g/mol. The first-order valence-electron chi connectivity index (χ1n) is 8.36. The number of hydrogen-bond acceptors (Lipinski definition) is 3. The molecule has 0 bridgehead atoms. The van der Waals surface area contributed by atoms with Crippen LogP contribution in [-0.2, 0) is 0 Å². The van der Waals surface area contributed by atoms with Crippen LogP contribution in [0.1, 0.15) is 47.3 Å². The van der Waals surface area contributed by atoms with Crippen molar-refractivity contribution in [2.24, 2.45) is 5.92 Å². The Balaban J connectivity index is 1.85. The molecule has 1 amide bonds. The molecule has 1 aromatic carbocycles. The topological polar surface area (TPSA) is 33.2 Å². The number of nitrogens with zero attached hydrogens (tertiary/aromatic N) is 2. The normalized spacial score (nSPS) is 21.2. The lowest BCUT2D eigenvalue weighted by molar-refractivity contribution is 0.0685. The van der Waals surface area contributed by atoms with Crippen molar-refractivity contribution in [2.75, 3.05) is 7.05 Å². The Morgan fingerprint density at radius 1 is 1.17 bits per heavy atom. The van der Waals surface area contributed by atoms with Gasteiger partial charge >= 0.3 is 0 Å². The summed E-state index contributed by atoms with van der Waals surface area (Å²) in [5, 5.41) is 0.942. The van der Waals surface area contributed by atoms with Gasteiger partial charge in [-0.15, -0.1) is 11.3 Å². The molecule has 0 aliphatic heterocycles. The highest BCUT2D eigenvalue weighted by Gasteiger charge is 2.28. The van der Waals surface area contributed by atoms with Gasteiger partial charge in [0.1, 0.15) is 4.88 Å². The summed E-state index contributed by atoms with van der Waals surface area (Å²) in [7, 11) is 1.95. The van der Waals surface area contributed by atoms with E-state index >= 15 is 0 Å². The average molecular weight is 328 g/mol. The van der Waals surface area contributed by atoms with Crippen LogP contribution in [0.4, 0.5) is 0 Å². The molecule has 1 aromatic heterocycles. The van der Waals surface area contributed by atoms with E-state index in [1.807, 2.05) is 49.2 Å². The summed E-state index contributed by atoms with van der Waals surface area (Å²) in [5.41, 5.74) is 1.85. The molecule has 3 rings (SSSR count). The molecule has 4 heteroatoms. The third-order valence-corrected chi connectivity index (χ3v) is 5.79. The first kappa shape index (κ1) is 16.2. The Kier molecular flexibility index (Phi) is 4.81. The first-order valence-corrected chi connectivity index (χ1v) is 9.18. The summed E-state index contributed by atoms with van der Waals surface area (Å²) in [6, 6.07) is 10.4. The summed E-state index contributed by atoms with van der Waals surface area (Å²) < 4.78 is 0. The quantitative estimate of drug-likeness (QED) is 0.813. The van der Waals surface area contributed by atoms with Crippen LogP contribution in [0.15, 0.2) is 30.3 Å². The lowest BCUT2D eigenvalue weighted by Crippen LogP contribution is -2.39. The predicted octanol–water partition coefficient (Wildman–Crippen LogP) is 4.77. The predicted molar refractivity (Wildman–Crippen MR) is 95.8 cm³/mol. The van der Waals surface area contributed by atoms with E-state index in [-0.39, 0.29) is 5.91 Å². The second-order valence-electron chi connectivity index (χ2n) is 6.61. The van der Waals surface area contributed by atoms with Crippen LogP contribution >= 0.6 is 11.3 Å². The van der Waals surface area contributed by atoms with Crippen LogP contribution in [0.3, 0.4) is 0 Å². The van der Waals surface area contributed by atoms with E-state index in [9.17, 15) is 4.79 Å². The molecule has 3 nitrogen and oxygen atoms in total. The standard InChI is InChI=1S/C19H24N2OS/c1-13-9-11-16(12-10-13)21(3)19(22)18-17(20-14(2)23-18)15-7-5-4-6-8-15/h4-8,13,16H,9-12H2,1-3H3. The number of rotatable bonds is 3. The van der Waals surface area contributed by atoms with E-state index in [1.165, 1.54) is 24.2 Å². The maximum absolute atomic E-state index is 13.0. The van der Waals surface area contributed by atoms with Crippen molar-refractivity contribution in [3.05, 3.63) is 40.2 Å². The van der Waals surface area contributed by atoms with Crippen LogP contribution < -0.4 is 0 Å². The molecule has 1 aliphatic carbocycles. The van der Waals surface area contributed by atoms with Crippen molar-refractivity contribution < 1.29 is 4.79 Å². The van der Waals surface area contributed by atoms with Gasteiger partial charge in [-0.25, -0.2) is 4.98 Å². The lowest BCUT2D eigenvalue weighted by Gasteiger charge is -2.33. The van der Waals surface area contributed by atoms with Gasteiger partial charge in [0.05, 0.1) is 10.7 Å². The third-order valence-electron chi connectivity index (χ3n) is 4.83. The van der Waals surface area contributed by atoms with E-state index in [2.05, 4.69) is 11.9 Å². The third kappa shape index (κ3) is 3.47. The van der Waals surface area contributed by atoms with E-state index < -0.39 is 0 Å². The van der Waals surface area contributed by atoms with E-state index in [1.54, 1.807) is 0 Å². The minimum Gasteiger partial charge on any atom is -0.338 e. The van der Waals surface area contributed by atoms with Crippen LogP contribution in [0, 0.1) is 12.8 Å². The fraction of sp³-hybridized carbons (Fsp3) is 0.474. The highest BCUT2D eigenvalue weighted by atomic mass is 32.1. The summed E-state index contributed by atoms with van der Waals surface area (Å²) in [4.78, 5) is 20.4. The zero-order chi connectivity index (χ0) is 16.4. The molecule has 23 heavy (non-hydrogen) atoms. The molecule has 0 N–H and O–H groups in total. The molecule has 0 spiro atoms. The molecular formula is C19H24N2OS. The van der Waals surface area contributed by atoms with Crippen LogP contribution in [-0.4, -0.2) is 28.9 Å². The number of hydrogen-bond donors (Lipinski definition) is 0. The van der Waals surface area contributed by atoms with Gasteiger partial charge in [0.2, 0.25) is 0 Å². The smallest absolute Gasteiger partial charge is 0.266 e. The summed E-state index contributed by atoms with van der Waals surface area (Å²) in [6.07, 6.45) is 4.66. The van der Waals surface area contributed by atoms with Gasteiger partial charge < -0.3 is 4.90 Å². The fourth-order valence-electron chi connectivity index (χ4n) is 3.32. The molecule has 0 radical (unpaired) electrons. The molecule has 1 saturated carbocycles. The first-order chi connectivity index (χ1) is 11.1. The molecule has 2 aromatic rings. The zero-order valence-electron chi connectivity index (χ0n) is 14.1. The van der Waals surface area contributed by atoms with Gasteiger partial charge in [-0.05, 0) is 38.5 Å². The largest absolute Gasteiger partial charge is 0.338 e. The molecule has 0 atom stereocenters. The number of carbonyl (C=O) groups excluding carboxylic acids is 1. The van der Waals surface area contributed by atoms with E-state index in [4.69, 9.17) is 0 Å². The van der Waals surface area contributed by atoms with Gasteiger partial charge in [0.25, 0.3) is 5.91 Å². The van der Waals surface area contributed by atoms with E-state index in [0.717, 1.165) is 39.9 Å². The molecule has 122 valence electrons. The number of aromatic nitrogens is 1. The maximum atomic E-state index is 13.0. The number of benzene rings is 1. The van der Waals surface area contributed by atoms with Crippen LogP contribution in [0.25, 0.3) is 11.3 Å². The maximum Gasteiger partial charge on any atom is 0.266 e. The SMILES string of the molecule is Cc1nc(-c2ccccc2)c(C(=O)N(C)C2CCC(C)CC2)s1. The minimum absolute atomic E-state index is 0.119. The Morgan fingerprint density at radius 3 is 2.48 bits per heavy atom. The second-order valence-corrected chi connectivity index (χ2v) is 7.81. The summed E-state index contributed by atoms with van der Waals surface area (Å²) in [5.74, 6) is 0.911.